The third-order valence-electron chi connectivity index (χ3n) is 3.10. The summed E-state index contributed by atoms with van der Waals surface area (Å²) >= 11 is 3.60. The molecule has 2 heterocycles. The molecule has 1 N–H and O–H groups in total. The lowest BCUT2D eigenvalue weighted by molar-refractivity contribution is 0.584. The highest BCUT2D eigenvalue weighted by atomic mass is 32.1. The number of nitrogens with zero attached hydrogens (tertiary/aromatic N) is 1. The predicted molar refractivity (Wildman–Crippen MR) is 84.1 cm³/mol. The van der Waals surface area contributed by atoms with Crippen LogP contribution in [-0.4, -0.2) is 11.5 Å². The Hall–Kier alpha value is -1.23. The van der Waals surface area contributed by atoms with Gasteiger partial charge in [-0.2, -0.15) is 0 Å². The lowest BCUT2D eigenvalue weighted by Crippen LogP contribution is -2.20. The minimum absolute atomic E-state index is 0.425. The maximum Gasteiger partial charge on any atom is 0.0951 e. The van der Waals surface area contributed by atoms with Gasteiger partial charge in [-0.05, 0) is 30.5 Å². The first-order chi connectivity index (χ1) is 9.33. The number of thiophene rings is 1. The van der Waals surface area contributed by atoms with Gasteiger partial charge in [-0.3, -0.25) is 0 Å². The SMILES string of the molecule is CC(NCCc1nc2ccccc2s1)c1cccs1. The molecule has 0 saturated carbocycles. The molecule has 0 bridgehead atoms. The second-order valence-corrected chi connectivity index (χ2v) is 6.61. The predicted octanol–water partition coefficient (Wildman–Crippen LogP) is 4.25. The third-order valence-corrected chi connectivity index (χ3v) is 5.25. The first-order valence-electron chi connectivity index (χ1n) is 6.44. The van der Waals surface area contributed by atoms with Crippen LogP contribution in [0.4, 0.5) is 0 Å². The maximum absolute atomic E-state index is 4.65. The quantitative estimate of drug-likeness (QED) is 0.759. The fraction of sp³-hybridized carbons (Fsp3) is 0.267. The minimum atomic E-state index is 0.425. The number of aromatic nitrogens is 1. The van der Waals surface area contributed by atoms with Crippen LogP contribution in [0.2, 0.25) is 0 Å². The number of thiazole rings is 1. The van der Waals surface area contributed by atoms with Gasteiger partial charge in [0.25, 0.3) is 0 Å². The monoisotopic (exact) mass is 288 g/mol. The molecule has 0 radical (unpaired) electrons. The summed E-state index contributed by atoms with van der Waals surface area (Å²) in [4.78, 5) is 6.05. The molecule has 98 valence electrons. The Morgan fingerprint density at radius 2 is 2.11 bits per heavy atom. The largest absolute Gasteiger partial charge is 0.309 e. The third kappa shape index (κ3) is 3.03. The summed E-state index contributed by atoms with van der Waals surface area (Å²) in [7, 11) is 0. The van der Waals surface area contributed by atoms with E-state index >= 15 is 0 Å². The molecule has 3 rings (SSSR count). The molecule has 0 aliphatic carbocycles. The first-order valence-corrected chi connectivity index (χ1v) is 8.14. The van der Waals surface area contributed by atoms with Gasteiger partial charge in [-0.25, -0.2) is 4.98 Å². The number of fused-ring (bicyclic) bond motifs is 1. The molecule has 3 aromatic rings. The van der Waals surface area contributed by atoms with Crippen LogP contribution in [0.15, 0.2) is 41.8 Å². The van der Waals surface area contributed by atoms with Gasteiger partial charge in [0.1, 0.15) is 0 Å². The Morgan fingerprint density at radius 3 is 2.89 bits per heavy atom. The summed E-state index contributed by atoms with van der Waals surface area (Å²) < 4.78 is 1.28. The molecule has 1 aromatic carbocycles. The van der Waals surface area contributed by atoms with Gasteiger partial charge < -0.3 is 5.32 Å². The molecule has 2 nitrogen and oxygen atoms in total. The number of para-hydroxylation sites is 1. The number of nitrogens with one attached hydrogen (secondary N) is 1. The molecular weight excluding hydrogens is 272 g/mol. The molecule has 0 aliphatic heterocycles. The van der Waals surface area contributed by atoms with Crippen molar-refractivity contribution in [1.29, 1.82) is 0 Å². The second-order valence-electron chi connectivity index (χ2n) is 4.52. The van der Waals surface area contributed by atoms with Crippen molar-refractivity contribution in [3.8, 4) is 0 Å². The normalized spacial score (nSPS) is 12.9. The molecule has 4 heteroatoms. The van der Waals surface area contributed by atoms with Crippen LogP contribution in [0.3, 0.4) is 0 Å². The van der Waals surface area contributed by atoms with Gasteiger partial charge in [-0.1, -0.05) is 18.2 Å². The van der Waals surface area contributed by atoms with E-state index in [4.69, 9.17) is 0 Å². The lowest BCUT2D eigenvalue weighted by Gasteiger charge is -2.10. The maximum atomic E-state index is 4.65. The Morgan fingerprint density at radius 1 is 1.21 bits per heavy atom. The zero-order valence-electron chi connectivity index (χ0n) is 10.8. The van der Waals surface area contributed by atoms with Gasteiger partial charge in [-0.15, -0.1) is 22.7 Å². The van der Waals surface area contributed by atoms with Crippen molar-refractivity contribution in [1.82, 2.24) is 10.3 Å². The van der Waals surface area contributed by atoms with E-state index in [1.807, 2.05) is 6.07 Å². The van der Waals surface area contributed by atoms with Gasteiger partial charge in [0.2, 0.25) is 0 Å². The van der Waals surface area contributed by atoms with Crippen molar-refractivity contribution in [2.45, 2.75) is 19.4 Å². The van der Waals surface area contributed by atoms with Gasteiger partial charge in [0.05, 0.1) is 15.2 Å². The van der Waals surface area contributed by atoms with E-state index < -0.39 is 0 Å². The fourth-order valence-electron chi connectivity index (χ4n) is 2.06. The molecule has 1 atom stereocenters. The first kappa shape index (κ1) is 12.8. The summed E-state index contributed by atoms with van der Waals surface area (Å²) in [5.41, 5.74) is 1.12. The van der Waals surface area contributed by atoms with Crippen LogP contribution in [0, 0.1) is 0 Å². The van der Waals surface area contributed by atoms with Crippen molar-refractivity contribution >= 4 is 32.9 Å². The molecule has 0 aliphatic rings. The topological polar surface area (TPSA) is 24.9 Å². The summed E-state index contributed by atoms with van der Waals surface area (Å²) in [5, 5.41) is 6.90. The van der Waals surface area contributed by atoms with Crippen molar-refractivity contribution < 1.29 is 0 Å². The molecule has 0 amide bonds. The van der Waals surface area contributed by atoms with E-state index in [0.29, 0.717) is 6.04 Å². The summed E-state index contributed by atoms with van der Waals surface area (Å²) in [6.07, 6.45) is 0.995. The van der Waals surface area contributed by atoms with E-state index in [9.17, 15) is 0 Å². The molecular formula is C15H16N2S2. The minimum Gasteiger partial charge on any atom is -0.309 e. The van der Waals surface area contributed by atoms with Gasteiger partial charge in [0.15, 0.2) is 0 Å². The Kier molecular flexibility index (Phi) is 3.92. The number of benzene rings is 1. The van der Waals surface area contributed by atoms with Crippen LogP contribution in [0.25, 0.3) is 10.2 Å². The number of hydrogen-bond donors (Lipinski definition) is 1. The van der Waals surface area contributed by atoms with E-state index in [0.717, 1.165) is 18.5 Å². The van der Waals surface area contributed by atoms with E-state index in [2.05, 4.69) is 52.9 Å². The van der Waals surface area contributed by atoms with Crippen LogP contribution in [0.1, 0.15) is 22.9 Å². The van der Waals surface area contributed by atoms with Crippen LogP contribution in [0.5, 0.6) is 0 Å². The molecule has 0 spiro atoms. The van der Waals surface area contributed by atoms with Gasteiger partial charge >= 0.3 is 0 Å². The van der Waals surface area contributed by atoms with Crippen molar-refractivity contribution in [3.63, 3.8) is 0 Å². The lowest BCUT2D eigenvalue weighted by atomic mass is 10.2. The van der Waals surface area contributed by atoms with Crippen molar-refractivity contribution in [2.75, 3.05) is 6.54 Å². The second kappa shape index (κ2) is 5.82. The number of rotatable bonds is 5. The fourth-order valence-corrected chi connectivity index (χ4v) is 3.79. The van der Waals surface area contributed by atoms with Crippen LogP contribution >= 0.6 is 22.7 Å². The molecule has 1 unspecified atom stereocenters. The Bertz CT molecular complexity index is 610. The zero-order chi connectivity index (χ0) is 13.1. The highest BCUT2D eigenvalue weighted by molar-refractivity contribution is 7.18. The highest BCUT2D eigenvalue weighted by Crippen LogP contribution is 2.22. The molecule has 2 aromatic heterocycles. The zero-order valence-corrected chi connectivity index (χ0v) is 12.4. The van der Waals surface area contributed by atoms with E-state index in [1.165, 1.54) is 14.6 Å². The molecule has 19 heavy (non-hydrogen) atoms. The van der Waals surface area contributed by atoms with Crippen molar-refractivity contribution in [3.05, 3.63) is 51.7 Å². The van der Waals surface area contributed by atoms with Gasteiger partial charge in [0, 0.05) is 23.9 Å². The summed E-state index contributed by atoms with van der Waals surface area (Å²) in [5.74, 6) is 0. The van der Waals surface area contributed by atoms with Crippen LogP contribution in [-0.2, 0) is 6.42 Å². The van der Waals surface area contributed by atoms with E-state index in [-0.39, 0.29) is 0 Å². The smallest absolute Gasteiger partial charge is 0.0951 e. The average Bonchev–Trinajstić information content (AvgIpc) is 3.07. The van der Waals surface area contributed by atoms with Crippen molar-refractivity contribution in [2.24, 2.45) is 0 Å². The average molecular weight is 288 g/mol. The molecule has 0 fully saturated rings. The Balaban J connectivity index is 1.57. The summed E-state index contributed by atoms with van der Waals surface area (Å²) in [6.45, 7) is 3.18. The Labute approximate surface area is 121 Å². The summed E-state index contributed by atoms with van der Waals surface area (Å²) in [6, 6.07) is 13.0. The number of hydrogen-bond acceptors (Lipinski definition) is 4. The van der Waals surface area contributed by atoms with Crippen LogP contribution < -0.4 is 5.32 Å². The highest BCUT2D eigenvalue weighted by Gasteiger charge is 2.06. The standard InChI is InChI=1S/C15H16N2S2/c1-11(13-7-4-10-18-13)16-9-8-15-17-12-5-2-3-6-14(12)19-15/h2-7,10-11,16H,8-9H2,1H3. The van der Waals surface area contributed by atoms with E-state index in [1.54, 1.807) is 22.7 Å². The molecule has 0 saturated heterocycles.